The van der Waals surface area contributed by atoms with Crippen molar-refractivity contribution in [1.29, 1.82) is 0 Å². The molecule has 126 valence electrons. The molecule has 3 aromatic rings. The smallest absolute Gasteiger partial charge is 0.350 e. The molecule has 0 saturated heterocycles. The lowest BCUT2D eigenvalue weighted by atomic mass is 10.2. The summed E-state index contributed by atoms with van der Waals surface area (Å²) >= 11 is 0. The highest BCUT2D eigenvalue weighted by Gasteiger charge is 2.30. The van der Waals surface area contributed by atoms with Crippen LogP contribution in [-0.4, -0.2) is 13.0 Å². The number of hydrogen-bond acceptors (Lipinski definition) is 2. The van der Waals surface area contributed by atoms with Gasteiger partial charge in [0.05, 0.1) is 16.2 Å². The molecule has 1 heterocycles. The summed E-state index contributed by atoms with van der Waals surface area (Å²) < 4.78 is 64.6. The molecule has 1 aromatic heterocycles. The van der Waals surface area contributed by atoms with Crippen molar-refractivity contribution >= 4 is 20.7 Å². The van der Waals surface area contributed by atoms with Crippen molar-refractivity contribution in [2.24, 2.45) is 7.05 Å². The Kier molecular flexibility index (Phi) is 3.91. The normalized spacial score (nSPS) is 12.7. The number of nitrogens with zero attached hydrogens (tertiary/aromatic N) is 1. The van der Waals surface area contributed by atoms with E-state index in [0.717, 1.165) is 35.2 Å². The van der Waals surface area contributed by atoms with E-state index in [0.29, 0.717) is 5.56 Å². The predicted molar refractivity (Wildman–Crippen MR) is 85.3 cm³/mol. The molecule has 0 N–H and O–H groups in total. The summed E-state index contributed by atoms with van der Waals surface area (Å²) in [6.07, 6.45) is -2.76. The lowest BCUT2D eigenvalue weighted by Crippen LogP contribution is -2.08. The van der Waals surface area contributed by atoms with Crippen LogP contribution in [0.25, 0.3) is 10.9 Å². The van der Waals surface area contributed by atoms with Crippen LogP contribution in [0, 0.1) is 0 Å². The van der Waals surface area contributed by atoms with Crippen molar-refractivity contribution in [2.45, 2.75) is 16.8 Å². The van der Waals surface area contributed by atoms with Gasteiger partial charge in [-0.1, -0.05) is 18.2 Å². The average molecular weight is 353 g/mol. The quantitative estimate of drug-likeness (QED) is 0.709. The highest BCUT2D eigenvalue weighted by molar-refractivity contribution is 7.90. The third-order valence-electron chi connectivity index (χ3n) is 3.87. The van der Waals surface area contributed by atoms with Crippen molar-refractivity contribution in [3.8, 4) is 0 Å². The van der Waals surface area contributed by atoms with E-state index in [4.69, 9.17) is 0 Å². The zero-order chi connectivity index (χ0) is 17.5. The van der Waals surface area contributed by atoms with Crippen molar-refractivity contribution in [3.63, 3.8) is 0 Å². The molecule has 7 heteroatoms. The molecule has 3 nitrogen and oxygen atoms in total. The van der Waals surface area contributed by atoms with E-state index in [1.807, 2.05) is 35.9 Å². The first-order chi connectivity index (χ1) is 11.2. The summed E-state index contributed by atoms with van der Waals surface area (Å²) in [5.74, 6) is -0.264. The molecule has 0 aliphatic rings. The van der Waals surface area contributed by atoms with Crippen molar-refractivity contribution in [1.82, 2.24) is 4.57 Å². The van der Waals surface area contributed by atoms with E-state index in [-0.39, 0.29) is 10.6 Å². The Morgan fingerprint density at radius 2 is 1.62 bits per heavy atom. The Morgan fingerprint density at radius 1 is 1.00 bits per heavy atom. The van der Waals surface area contributed by atoms with Gasteiger partial charge < -0.3 is 4.57 Å². The van der Waals surface area contributed by atoms with E-state index in [9.17, 15) is 21.6 Å². The zero-order valence-corrected chi connectivity index (χ0v) is 13.5. The Balaban J connectivity index is 1.96. The topological polar surface area (TPSA) is 39.1 Å². The molecule has 0 saturated carbocycles. The SMILES string of the molecule is Cn1cc(CS(=O)(=O)c2ccc(C(F)(F)F)cc2)c2ccccc21. The van der Waals surface area contributed by atoms with Gasteiger partial charge >= 0.3 is 6.18 Å². The van der Waals surface area contributed by atoms with E-state index in [1.165, 1.54) is 0 Å². The second-order valence-corrected chi connectivity index (χ2v) is 7.55. The van der Waals surface area contributed by atoms with Gasteiger partial charge in [-0.25, -0.2) is 8.42 Å². The molecule has 0 radical (unpaired) electrons. The number of halogens is 3. The van der Waals surface area contributed by atoms with Crippen LogP contribution in [0.2, 0.25) is 0 Å². The summed E-state index contributed by atoms with van der Waals surface area (Å²) in [4.78, 5) is -0.122. The minimum Gasteiger partial charge on any atom is -0.350 e. The molecule has 0 aliphatic carbocycles. The Morgan fingerprint density at radius 3 is 2.25 bits per heavy atom. The number of alkyl halides is 3. The Labute approximate surface area is 137 Å². The molecule has 0 unspecified atom stereocenters. The van der Waals surface area contributed by atoms with Gasteiger partial charge in [0.2, 0.25) is 0 Å². The van der Waals surface area contributed by atoms with Crippen LogP contribution in [0.4, 0.5) is 13.2 Å². The third kappa shape index (κ3) is 3.03. The van der Waals surface area contributed by atoms with Crippen LogP contribution in [-0.2, 0) is 28.8 Å². The summed E-state index contributed by atoms with van der Waals surface area (Å²) in [5.41, 5.74) is 0.648. The van der Waals surface area contributed by atoms with Crippen LogP contribution in [0.3, 0.4) is 0 Å². The summed E-state index contributed by atoms with van der Waals surface area (Å²) in [7, 11) is -1.92. The fraction of sp³-hybridized carbons (Fsp3) is 0.176. The molecule has 2 aromatic carbocycles. The lowest BCUT2D eigenvalue weighted by molar-refractivity contribution is -0.137. The fourth-order valence-corrected chi connectivity index (χ4v) is 4.04. The summed E-state index contributed by atoms with van der Waals surface area (Å²) in [6, 6.07) is 11.0. The number of hydrogen-bond donors (Lipinski definition) is 0. The van der Waals surface area contributed by atoms with Gasteiger partial charge in [0.1, 0.15) is 0 Å². The minimum atomic E-state index is -4.49. The van der Waals surface area contributed by atoms with Gasteiger partial charge in [0.25, 0.3) is 0 Å². The first kappa shape index (κ1) is 16.6. The molecule has 24 heavy (non-hydrogen) atoms. The number of fused-ring (bicyclic) bond motifs is 1. The lowest BCUT2D eigenvalue weighted by Gasteiger charge is -2.08. The molecular weight excluding hydrogens is 339 g/mol. The van der Waals surface area contributed by atoms with Gasteiger partial charge in [-0.15, -0.1) is 0 Å². The molecular formula is C17H14F3NO2S. The molecule has 0 spiro atoms. The van der Waals surface area contributed by atoms with Crippen LogP contribution < -0.4 is 0 Å². The van der Waals surface area contributed by atoms with Crippen LogP contribution in [0.15, 0.2) is 59.6 Å². The van der Waals surface area contributed by atoms with E-state index < -0.39 is 21.6 Å². The first-order valence-electron chi connectivity index (χ1n) is 7.11. The van der Waals surface area contributed by atoms with Crippen molar-refractivity contribution < 1.29 is 21.6 Å². The zero-order valence-electron chi connectivity index (χ0n) is 12.7. The molecule has 0 atom stereocenters. The summed E-state index contributed by atoms with van der Waals surface area (Å²) in [5, 5.41) is 0.815. The van der Waals surface area contributed by atoms with Gasteiger partial charge in [-0.2, -0.15) is 13.2 Å². The first-order valence-corrected chi connectivity index (χ1v) is 8.77. The number of aromatic nitrogens is 1. The Bertz CT molecular complexity index is 987. The highest BCUT2D eigenvalue weighted by atomic mass is 32.2. The number of para-hydroxylation sites is 1. The van der Waals surface area contributed by atoms with Gasteiger partial charge in [-0.3, -0.25) is 0 Å². The molecule has 3 rings (SSSR count). The second kappa shape index (κ2) is 5.66. The largest absolute Gasteiger partial charge is 0.416 e. The highest BCUT2D eigenvalue weighted by Crippen LogP contribution is 2.31. The maximum Gasteiger partial charge on any atom is 0.416 e. The Hall–Kier alpha value is -2.28. The van der Waals surface area contributed by atoms with Crippen LogP contribution in [0.5, 0.6) is 0 Å². The standard InChI is InChI=1S/C17H14F3NO2S/c1-21-10-12(15-4-2-3-5-16(15)21)11-24(22,23)14-8-6-13(7-9-14)17(18,19)20/h2-10H,11H2,1H3. The molecule has 0 amide bonds. The number of benzene rings is 2. The van der Waals surface area contributed by atoms with Crippen molar-refractivity contribution in [3.05, 3.63) is 65.9 Å². The van der Waals surface area contributed by atoms with E-state index in [2.05, 4.69) is 0 Å². The van der Waals surface area contributed by atoms with Gasteiger partial charge in [-0.05, 0) is 35.9 Å². The maximum atomic E-state index is 12.6. The summed E-state index contributed by atoms with van der Waals surface area (Å²) in [6.45, 7) is 0. The van der Waals surface area contributed by atoms with Crippen molar-refractivity contribution in [2.75, 3.05) is 0 Å². The molecule has 0 bridgehead atoms. The van der Waals surface area contributed by atoms with E-state index >= 15 is 0 Å². The number of aryl methyl sites for hydroxylation is 1. The predicted octanol–water partition coefficient (Wildman–Crippen LogP) is 4.17. The molecule has 0 fully saturated rings. The average Bonchev–Trinajstić information content (AvgIpc) is 2.83. The maximum absolute atomic E-state index is 12.6. The molecule has 0 aliphatic heterocycles. The number of sulfone groups is 1. The monoisotopic (exact) mass is 353 g/mol. The van der Waals surface area contributed by atoms with Crippen LogP contribution in [0.1, 0.15) is 11.1 Å². The minimum absolute atomic E-state index is 0.122. The fourth-order valence-electron chi connectivity index (χ4n) is 2.68. The second-order valence-electron chi connectivity index (χ2n) is 5.56. The third-order valence-corrected chi connectivity index (χ3v) is 5.55. The number of rotatable bonds is 3. The van der Waals surface area contributed by atoms with Gasteiger partial charge in [0, 0.05) is 24.1 Å². The van der Waals surface area contributed by atoms with E-state index in [1.54, 1.807) is 6.20 Å². The van der Waals surface area contributed by atoms with Crippen LogP contribution >= 0.6 is 0 Å². The van der Waals surface area contributed by atoms with Gasteiger partial charge in [0.15, 0.2) is 9.84 Å².